The van der Waals surface area contributed by atoms with Crippen LogP contribution in [-0.4, -0.2) is 57.8 Å². The van der Waals surface area contributed by atoms with Gasteiger partial charge in [-0.2, -0.15) is 4.98 Å². The fourth-order valence-corrected chi connectivity index (χ4v) is 4.26. The minimum Gasteiger partial charge on any atom is -0.476 e. The molecule has 28 heavy (non-hydrogen) atoms. The fourth-order valence-electron chi connectivity index (χ4n) is 3.06. The van der Waals surface area contributed by atoms with Crippen LogP contribution in [0.1, 0.15) is 17.0 Å². The maximum absolute atomic E-state index is 12.5. The highest BCUT2D eigenvalue weighted by Crippen LogP contribution is 2.19. The predicted molar refractivity (Wildman–Crippen MR) is 106 cm³/mol. The Morgan fingerprint density at radius 2 is 1.75 bits per heavy atom. The molecule has 0 spiro atoms. The second-order valence-corrected chi connectivity index (χ2v) is 8.55. The van der Waals surface area contributed by atoms with Crippen molar-refractivity contribution in [3.63, 3.8) is 0 Å². The van der Waals surface area contributed by atoms with E-state index >= 15 is 0 Å². The van der Waals surface area contributed by atoms with Crippen LogP contribution in [0.5, 0.6) is 5.88 Å². The molecule has 0 radical (unpaired) electrons. The van der Waals surface area contributed by atoms with E-state index in [0.29, 0.717) is 24.9 Å². The number of nitrogens with one attached hydrogen (secondary N) is 1. The minimum absolute atomic E-state index is 0.144. The number of nitrogens with zero attached hydrogens (tertiary/aromatic N) is 3. The van der Waals surface area contributed by atoms with Crippen LogP contribution in [0.4, 0.5) is 5.82 Å². The van der Waals surface area contributed by atoms with E-state index in [-0.39, 0.29) is 18.0 Å². The number of morpholine rings is 1. The molecule has 2 aromatic rings. The molecule has 0 bridgehead atoms. The molecule has 3 rings (SSSR count). The molecule has 0 atom stereocenters. The highest BCUT2D eigenvalue weighted by molar-refractivity contribution is 7.89. The number of hydrogen-bond donors (Lipinski definition) is 1. The number of hydrogen-bond acceptors (Lipinski definition) is 7. The van der Waals surface area contributed by atoms with E-state index in [1.54, 1.807) is 25.1 Å². The van der Waals surface area contributed by atoms with Crippen molar-refractivity contribution in [1.82, 2.24) is 14.7 Å². The molecule has 152 valence electrons. The van der Waals surface area contributed by atoms with E-state index in [9.17, 15) is 8.42 Å². The quantitative estimate of drug-likeness (QED) is 0.698. The first-order chi connectivity index (χ1) is 13.3. The van der Waals surface area contributed by atoms with E-state index in [4.69, 9.17) is 9.47 Å². The standard InChI is InChI=1S/C19H26N4O4S/c1-14-10-15(2)12-17(11-14)28(24,25)20-4-7-27-19-13-18(21-16(3)22-19)23-5-8-26-9-6-23/h10-13,20H,4-9H2,1-3H3. The van der Waals surface area contributed by atoms with Gasteiger partial charge < -0.3 is 14.4 Å². The maximum atomic E-state index is 12.5. The highest BCUT2D eigenvalue weighted by atomic mass is 32.2. The normalized spacial score (nSPS) is 14.9. The fraction of sp³-hybridized carbons (Fsp3) is 0.474. The summed E-state index contributed by atoms with van der Waals surface area (Å²) in [7, 11) is -3.58. The van der Waals surface area contributed by atoms with Gasteiger partial charge in [0.05, 0.1) is 18.1 Å². The summed E-state index contributed by atoms with van der Waals surface area (Å²) in [6, 6.07) is 7.01. The van der Waals surface area contributed by atoms with Crippen molar-refractivity contribution in [2.45, 2.75) is 25.7 Å². The SMILES string of the molecule is Cc1cc(C)cc(S(=O)(=O)NCCOc2cc(N3CCOCC3)nc(C)n2)c1. The summed E-state index contributed by atoms with van der Waals surface area (Å²) in [5, 5.41) is 0. The van der Waals surface area contributed by atoms with Gasteiger partial charge in [0.2, 0.25) is 15.9 Å². The molecule has 1 aliphatic heterocycles. The van der Waals surface area contributed by atoms with Crippen molar-refractivity contribution in [3.05, 3.63) is 41.2 Å². The molecular formula is C19H26N4O4S. The summed E-state index contributed by atoms with van der Waals surface area (Å²) < 4.78 is 38.5. The highest BCUT2D eigenvalue weighted by Gasteiger charge is 2.16. The zero-order valence-electron chi connectivity index (χ0n) is 16.4. The number of anilines is 1. The van der Waals surface area contributed by atoms with E-state index in [2.05, 4.69) is 19.6 Å². The number of rotatable bonds is 7. The third-order valence-electron chi connectivity index (χ3n) is 4.29. The molecule has 2 heterocycles. The largest absolute Gasteiger partial charge is 0.476 e. The van der Waals surface area contributed by atoms with Crippen LogP contribution < -0.4 is 14.4 Å². The van der Waals surface area contributed by atoms with Gasteiger partial charge in [-0.15, -0.1) is 0 Å². The average Bonchev–Trinajstić information content (AvgIpc) is 2.65. The second kappa shape index (κ2) is 8.85. The smallest absolute Gasteiger partial charge is 0.240 e. The van der Waals surface area contributed by atoms with Gasteiger partial charge in [0.15, 0.2) is 0 Å². The Morgan fingerprint density at radius 3 is 2.43 bits per heavy atom. The topological polar surface area (TPSA) is 93.7 Å². The van der Waals surface area contributed by atoms with Crippen LogP contribution in [0, 0.1) is 20.8 Å². The summed E-state index contributed by atoms with van der Waals surface area (Å²) in [5.41, 5.74) is 1.81. The van der Waals surface area contributed by atoms with E-state index in [1.807, 2.05) is 19.9 Å². The van der Waals surface area contributed by atoms with E-state index in [1.165, 1.54) is 0 Å². The zero-order valence-corrected chi connectivity index (χ0v) is 17.3. The van der Waals surface area contributed by atoms with Crippen LogP contribution in [0.25, 0.3) is 0 Å². The van der Waals surface area contributed by atoms with Gasteiger partial charge in [-0.1, -0.05) is 6.07 Å². The molecule has 0 amide bonds. The molecule has 8 nitrogen and oxygen atoms in total. The Balaban J connectivity index is 1.58. The Kier molecular flexibility index (Phi) is 6.48. The van der Waals surface area contributed by atoms with Gasteiger partial charge in [0.1, 0.15) is 18.2 Å². The van der Waals surface area contributed by atoms with Crippen LogP contribution in [0.3, 0.4) is 0 Å². The summed E-state index contributed by atoms with van der Waals surface area (Å²) in [4.78, 5) is 11.1. The molecule has 0 unspecified atom stereocenters. The lowest BCUT2D eigenvalue weighted by molar-refractivity contribution is 0.122. The Hall–Kier alpha value is -2.23. The number of sulfonamides is 1. The molecule has 1 saturated heterocycles. The molecule has 1 aromatic heterocycles. The van der Waals surface area contributed by atoms with Crippen LogP contribution in [0.15, 0.2) is 29.2 Å². The summed E-state index contributed by atoms with van der Waals surface area (Å²) in [6.45, 7) is 8.74. The number of benzene rings is 1. The first-order valence-corrected chi connectivity index (χ1v) is 10.7. The maximum Gasteiger partial charge on any atom is 0.240 e. The lowest BCUT2D eigenvalue weighted by Crippen LogP contribution is -2.37. The molecule has 1 N–H and O–H groups in total. The Morgan fingerprint density at radius 1 is 1.07 bits per heavy atom. The number of aryl methyl sites for hydroxylation is 3. The summed E-state index contributed by atoms with van der Waals surface area (Å²) in [6.07, 6.45) is 0. The van der Waals surface area contributed by atoms with Crippen molar-refractivity contribution in [2.24, 2.45) is 0 Å². The lowest BCUT2D eigenvalue weighted by atomic mass is 10.2. The molecule has 1 aromatic carbocycles. The Bertz CT molecular complexity index is 907. The first kappa shape index (κ1) is 20.5. The summed E-state index contributed by atoms with van der Waals surface area (Å²) in [5.74, 6) is 1.83. The van der Waals surface area contributed by atoms with Crippen molar-refractivity contribution >= 4 is 15.8 Å². The van der Waals surface area contributed by atoms with Gasteiger partial charge in [-0.3, -0.25) is 0 Å². The number of aromatic nitrogens is 2. The van der Waals surface area contributed by atoms with Gasteiger partial charge >= 0.3 is 0 Å². The van der Waals surface area contributed by atoms with Crippen LogP contribution in [-0.2, 0) is 14.8 Å². The van der Waals surface area contributed by atoms with Crippen LogP contribution >= 0.6 is 0 Å². The minimum atomic E-state index is -3.58. The molecule has 0 aliphatic carbocycles. The van der Waals surface area contributed by atoms with Crippen LogP contribution in [0.2, 0.25) is 0 Å². The van der Waals surface area contributed by atoms with Crippen molar-refractivity contribution < 1.29 is 17.9 Å². The van der Waals surface area contributed by atoms with Gasteiger partial charge in [0.25, 0.3) is 0 Å². The molecular weight excluding hydrogens is 380 g/mol. The molecule has 1 fully saturated rings. The average molecular weight is 407 g/mol. The first-order valence-electron chi connectivity index (χ1n) is 9.23. The van der Waals surface area contributed by atoms with E-state index in [0.717, 1.165) is 30.0 Å². The second-order valence-electron chi connectivity index (χ2n) is 6.78. The monoisotopic (exact) mass is 406 g/mol. The predicted octanol–water partition coefficient (Wildman–Crippen LogP) is 1.60. The Labute approximate surface area is 166 Å². The third kappa shape index (κ3) is 5.40. The third-order valence-corrected chi connectivity index (χ3v) is 5.73. The van der Waals surface area contributed by atoms with Gasteiger partial charge in [0, 0.05) is 25.7 Å². The molecule has 0 saturated carbocycles. The van der Waals surface area contributed by atoms with Gasteiger partial charge in [-0.05, 0) is 44.0 Å². The van der Waals surface area contributed by atoms with Gasteiger partial charge in [-0.25, -0.2) is 18.1 Å². The molecule has 1 aliphatic rings. The van der Waals surface area contributed by atoms with Crippen molar-refractivity contribution in [1.29, 1.82) is 0 Å². The lowest BCUT2D eigenvalue weighted by Gasteiger charge is -2.28. The zero-order chi connectivity index (χ0) is 20.1. The molecule has 9 heteroatoms. The van der Waals surface area contributed by atoms with E-state index < -0.39 is 10.0 Å². The van der Waals surface area contributed by atoms with Crippen molar-refractivity contribution in [2.75, 3.05) is 44.4 Å². The summed E-state index contributed by atoms with van der Waals surface area (Å²) >= 11 is 0. The van der Waals surface area contributed by atoms with Crippen molar-refractivity contribution in [3.8, 4) is 5.88 Å². The number of ether oxygens (including phenoxy) is 2.